The van der Waals surface area contributed by atoms with Crippen molar-refractivity contribution in [3.63, 3.8) is 0 Å². The lowest BCUT2D eigenvalue weighted by atomic mass is 10.3. The third-order valence-corrected chi connectivity index (χ3v) is 3.29. The van der Waals surface area contributed by atoms with E-state index in [9.17, 15) is 13.2 Å². The summed E-state index contributed by atoms with van der Waals surface area (Å²) in [6, 6.07) is 1.36. The fraction of sp³-hybridized carbons (Fsp3) is 0.100. The molecule has 0 aliphatic rings. The molecule has 7 nitrogen and oxygen atoms in total. The number of sulfone groups is 1. The molecule has 0 unspecified atom stereocenters. The number of carboxylic acid groups (broad SMARTS) is 1. The largest absolute Gasteiger partial charge is 0.478 e. The first-order valence-electron chi connectivity index (χ1n) is 4.81. The number of aromatic nitrogens is 3. The number of carboxylic acids is 1. The van der Waals surface area contributed by atoms with Gasteiger partial charge in [0.25, 0.3) is 0 Å². The van der Waals surface area contributed by atoms with Crippen LogP contribution in [0, 0.1) is 0 Å². The molecule has 0 aliphatic heterocycles. The summed E-state index contributed by atoms with van der Waals surface area (Å²) >= 11 is 0. The molecule has 2 aromatic rings. The van der Waals surface area contributed by atoms with Gasteiger partial charge in [-0.3, -0.25) is 4.98 Å². The highest BCUT2D eigenvalue weighted by atomic mass is 32.2. The first-order chi connectivity index (χ1) is 8.38. The molecule has 18 heavy (non-hydrogen) atoms. The summed E-state index contributed by atoms with van der Waals surface area (Å²) in [5.41, 5.74) is 0.383. The van der Waals surface area contributed by atoms with Crippen LogP contribution in [0.15, 0.2) is 35.7 Å². The minimum absolute atomic E-state index is 0.00362. The first-order valence-corrected chi connectivity index (χ1v) is 6.70. The van der Waals surface area contributed by atoms with Gasteiger partial charge in [0.15, 0.2) is 9.84 Å². The summed E-state index contributed by atoms with van der Waals surface area (Å²) in [5, 5.41) is 12.7. The van der Waals surface area contributed by atoms with Crippen LogP contribution in [0.5, 0.6) is 0 Å². The van der Waals surface area contributed by atoms with Crippen LogP contribution in [0.1, 0.15) is 10.4 Å². The third kappa shape index (κ3) is 2.38. The van der Waals surface area contributed by atoms with E-state index in [1.165, 1.54) is 35.5 Å². The van der Waals surface area contributed by atoms with Crippen molar-refractivity contribution < 1.29 is 18.3 Å². The SMILES string of the molecule is CS(=O)(=O)c1cnn(-c2cncc(C(=O)O)c2)c1. The van der Waals surface area contributed by atoms with Crippen molar-refractivity contribution >= 4 is 15.8 Å². The van der Waals surface area contributed by atoms with E-state index < -0.39 is 15.8 Å². The molecule has 0 bridgehead atoms. The maximum atomic E-state index is 11.3. The highest BCUT2D eigenvalue weighted by Crippen LogP contribution is 2.12. The van der Waals surface area contributed by atoms with Crippen LogP contribution in [0.4, 0.5) is 0 Å². The van der Waals surface area contributed by atoms with Crippen LogP contribution in [-0.2, 0) is 9.84 Å². The monoisotopic (exact) mass is 267 g/mol. The second-order valence-corrected chi connectivity index (χ2v) is 5.65. The lowest BCUT2D eigenvalue weighted by Gasteiger charge is -2.01. The van der Waals surface area contributed by atoms with Gasteiger partial charge < -0.3 is 5.11 Å². The molecule has 0 aliphatic carbocycles. The Bertz CT molecular complexity index is 705. The Morgan fingerprint density at radius 3 is 2.61 bits per heavy atom. The smallest absolute Gasteiger partial charge is 0.337 e. The van der Waals surface area contributed by atoms with E-state index in [1.54, 1.807) is 0 Å². The molecule has 0 spiro atoms. The fourth-order valence-corrected chi connectivity index (χ4v) is 1.84. The first kappa shape index (κ1) is 12.2. The second-order valence-electron chi connectivity index (χ2n) is 3.63. The van der Waals surface area contributed by atoms with Gasteiger partial charge in [-0.25, -0.2) is 17.9 Å². The molecule has 0 amide bonds. The van der Waals surface area contributed by atoms with Crippen LogP contribution in [0.3, 0.4) is 0 Å². The summed E-state index contributed by atoms with van der Waals surface area (Å²) in [6.07, 6.45) is 6.17. The van der Waals surface area contributed by atoms with Gasteiger partial charge in [0.2, 0.25) is 0 Å². The molecule has 2 heterocycles. The minimum atomic E-state index is -3.34. The van der Waals surface area contributed by atoms with Crippen LogP contribution in [0.2, 0.25) is 0 Å². The zero-order chi connectivity index (χ0) is 13.3. The number of hydrogen-bond donors (Lipinski definition) is 1. The summed E-state index contributed by atoms with van der Waals surface area (Å²) in [7, 11) is -3.34. The maximum absolute atomic E-state index is 11.3. The average molecular weight is 267 g/mol. The van der Waals surface area contributed by atoms with Crippen molar-refractivity contribution in [1.82, 2.24) is 14.8 Å². The van der Waals surface area contributed by atoms with Gasteiger partial charge in [-0.2, -0.15) is 5.10 Å². The zero-order valence-electron chi connectivity index (χ0n) is 9.31. The summed E-state index contributed by atoms with van der Waals surface area (Å²) in [5.74, 6) is -1.11. The summed E-state index contributed by atoms with van der Waals surface area (Å²) in [4.78, 5) is 14.6. The molecular weight excluding hydrogens is 258 g/mol. The fourth-order valence-electron chi connectivity index (χ4n) is 1.31. The predicted molar refractivity (Wildman–Crippen MR) is 61.4 cm³/mol. The van der Waals surface area contributed by atoms with Gasteiger partial charge in [0, 0.05) is 18.6 Å². The van der Waals surface area contributed by atoms with Crippen molar-refractivity contribution in [2.24, 2.45) is 0 Å². The Hall–Kier alpha value is -2.22. The number of carbonyl (C=O) groups is 1. The number of nitrogens with zero attached hydrogens (tertiary/aromatic N) is 3. The summed E-state index contributed by atoms with van der Waals surface area (Å²) < 4.78 is 23.8. The summed E-state index contributed by atoms with van der Waals surface area (Å²) in [6.45, 7) is 0. The Balaban J connectivity index is 2.46. The predicted octanol–water partition coefficient (Wildman–Crippen LogP) is 0.369. The highest BCUT2D eigenvalue weighted by Gasteiger charge is 2.12. The van der Waals surface area contributed by atoms with Crippen LogP contribution in [-0.4, -0.2) is 40.5 Å². The van der Waals surface area contributed by atoms with E-state index in [2.05, 4.69) is 10.1 Å². The third-order valence-electron chi connectivity index (χ3n) is 2.22. The lowest BCUT2D eigenvalue weighted by molar-refractivity contribution is 0.0696. The van der Waals surface area contributed by atoms with Crippen molar-refractivity contribution in [3.05, 3.63) is 36.4 Å². The van der Waals surface area contributed by atoms with E-state index in [1.807, 2.05) is 0 Å². The Morgan fingerprint density at radius 1 is 1.33 bits per heavy atom. The van der Waals surface area contributed by atoms with Crippen molar-refractivity contribution in [2.45, 2.75) is 4.90 Å². The van der Waals surface area contributed by atoms with Crippen LogP contribution in [0.25, 0.3) is 5.69 Å². The van der Waals surface area contributed by atoms with E-state index in [-0.39, 0.29) is 10.5 Å². The van der Waals surface area contributed by atoms with Gasteiger partial charge >= 0.3 is 5.97 Å². The van der Waals surface area contributed by atoms with Gasteiger partial charge in [0.05, 0.1) is 23.6 Å². The molecule has 2 aromatic heterocycles. The van der Waals surface area contributed by atoms with Gasteiger partial charge in [-0.15, -0.1) is 0 Å². The molecular formula is C10H9N3O4S. The number of aromatic carboxylic acids is 1. The second kappa shape index (κ2) is 4.22. The number of rotatable bonds is 3. The molecule has 8 heteroatoms. The van der Waals surface area contributed by atoms with E-state index >= 15 is 0 Å². The molecule has 0 aromatic carbocycles. The number of pyridine rings is 1. The molecule has 0 fully saturated rings. The van der Waals surface area contributed by atoms with Gasteiger partial charge in [-0.1, -0.05) is 0 Å². The van der Waals surface area contributed by atoms with Crippen LogP contribution >= 0.6 is 0 Å². The Labute approximate surface area is 103 Å². The molecule has 94 valence electrons. The standard InChI is InChI=1S/C10H9N3O4S/c1-18(16,17)9-5-12-13(6-9)8-2-7(10(14)15)3-11-4-8/h2-6H,1H3,(H,14,15). The zero-order valence-corrected chi connectivity index (χ0v) is 10.1. The minimum Gasteiger partial charge on any atom is -0.478 e. The topological polar surface area (TPSA) is 102 Å². The maximum Gasteiger partial charge on any atom is 0.337 e. The molecule has 0 saturated heterocycles. The lowest BCUT2D eigenvalue weighted by Crippen LogP contribution is -2.01. The van der Waals surface area contributed by atoms with E-state index in [0.29, 0.717) is 5.69 Å². The van der Waals surface area contributed by atoms with E-state index in [4.69, 9.17) is 5.11 Å². The van der Waals surface area contributed by atoms with Crippen molar-refractivity contribution in [3.8, 4) is 5.69 Å². The van der Waals surface area contributed by atoms with E-state index in [0.717, 1.165) is 6.26 Å². The number of hydrogen-bond acceptors (Lipinski definition) is 5. The van der Waals surface area contributed by atoms with Gasteiger partial charge in [0.1, 0.15) is 4.90 Å². The molecule has 0 radical (unpaired) electrons. The van der Waals surface area contributed by atoms with Gasteiger partial charge in [-0.05, 0) is 6.07 Å². The van der Waals surface area contributed by atoms with Crippen molar-refractivity contribution in [1.29, 1.82) is 0 Å². The molecule has 2 rings (SSSR count). The Kier molecular flexibility index (Phi) is 2.87. The van der Waals surface area contributed by atoms with Crippen molar-refractivity contribution in [2.75, 3.05) is 6.26 Å². The average Bonchev–Trinajstić information content (AvgIpc) is 2.78. The Morgan fingerprint density at radius 2 is 2.06 bits per heavy atom. The molecule has 0 saturated carbocycles. The molecule has 0 atom stereocenters. The highest BCUT2D eigenvalue weighted by molar-refractivity contribution is 7.90. The van der Waals surface area contributed by atoms with Crippen LogP contribution < -0.4 is 0 Å². The normalized spacial score (nSPS) is 11.4. The quantitative estimate of drug-likeness (QED) is 0.861. The molecule has 1 N–H and O–H groups in total.